The molecule has 2 aliphatic rings. The molecule has 2 aromatic rings. The van der Waals surface area contributed by atoms with E-state index in [0.29, 0.717) is 19.3 Å². The van der Waals surface area contributed by atoms with Crippen LogP contribution >= 0.6 is 0 Å². The summed E-state index contributed by atoms with van der Waals surface area (Å²) in [5.74, 6) is 3.24. The summed E-state index contributed by atoms with van der Waals surface area (Å²) >= 11 is 0. The Balaban J connectivity index is 1.31. The molecule has 130 valence electrons. The van der Waals surface area contributed by atoms with Crippen molar-refractivity contribution in [1.82, 2.24) is 10.3 Å². The van der Waals surface area contributed by atoms with Crippen molar-refractivity contribution in [3.63, 3.8) is 0 Å². The van der Waals surface area contributed by atoms with Crippen molar-refractivity contribution in [2.45, 2.75) is 19.4 Å². The predicted octanol–water partition coefficient (Wildman–Crippen LogP) is 3.33. The molecule has 0 radical (unpaired) electrons. The maximum atomic E-state index is 5.56. The summed E-state index contributed by atoms with van der Waals surface area (Å²) < 4.78 is 11.0. The lowest BCUT2D eigenvalue weighted by atomic mass is 9.94. The first-order chi connectivity index (χ1) is 12.3. The van der Waals surface area contributed by atoms with Gasteiger partial charge in [-0.2, -0.15) is 0 Å². The van der Waals surface area contributed by atoms with Crippen LogP contribution in [0.4, 0.5) is 5.82 Å². The first-order valence-electron chi connectivity index (χ1n) is 8.77. The van der Waals surface area contributed by atoms with Gasteiger partial charge in [-0.05, 0) is 31.0 Å². The molecular formula is C20H23N3O2. The van der Waals surface area contributed by atoms with Crippen molar-refractivity contribution in [2.24, 2.45) is 5.92 Å². The number of ether oxygens (including phenoxy) is 2. The molecule has 0 spiro atoms. The van der Waals surface area contributed by atoms with Crippen LogP contribution in [0, 0.1) is 5.92 Å². The molecule has 1 N–H and O–H groups in total. The van der Waals surface area contributed by atoms with E-state index in [0.717, 1.165) is 54.5 Å². The molecule has 0 atom stereocenters. The van der Waals surface area contributed by atoms with Gasteiger partial charge < -0.3 is 19.7 Å². The molecule has 1 saturated heterocycles. The van der Waals surface area contributed by atoms with Crippen LogP contribution in [0.5, 0.6) is 11.5 Å². The van der Waals surface area contributed by atoms with Crippen molar-refractivity contribution in [2.75, 3.05) is 24.8 Å². The van der Waals surface area contributed by atoms with Crippen molar-refractivity contribution in [1.29, 1.82) is 0 Å². The van der Waals surface area contributed by atoms with Gasteiger partial charge in [0.25, 0.3) is 0 Å². The number of fused-ring (bicyclic) bond motifs is 1. The van der Waals surface area contributed by atoms with Crippen LogP contribution in [-0.4, -0.2) is 24.9 Å². The molecule has 4 rings (SSSR count). The molecular weight excluding hydrogens is 314 g/mol. The number of nitrogens with one attached hydrogen (secondary N) is 1. The van der Waals surface area contributed by atoms with Gasteiger partial charge in [-0.15, -0.1) is 0 Å². The smallest absolute Gasteiger partial charge is 0.231 e. The minimum atomic E-state index is 0.305. The molecule has 0 saturated carbocycles. The quantitative estimate of drug-likeness (QED) is 0.907. The van der Waals surface area contributed by atoms with E-state index in [4.69, 9.17) is 9.47 Å². The topological polar surface area (TPSA) is 46.6 Å². The molecule has 2 aliphatic heterocycles. The molecule has 0 amide bonds. The predicted molar refractivity (Wildman–Crippen MR) is 97.7 cm³/mol. The zero-order valence-electron chi connectivity index (χ0n) is 14.3. The van der Waals surface area contributed by atoms with Gasteiger partial charge in [-0.3, -0.25) is 0 Å². The fourth-order valence-corrected chi connectivity index (χ4v) is 3.48. The average molecular weight is 337 g/mol. The lowest BCUT2D eigenvalue weighted by Gasteiger charge is -2.34. The van der Waals surface area contributed by atoms with Crippen LogP contribution in [0.15, 0.2) is 54.9 Å². The summed E-state index contributed by atoms with van der Waals surface area (Å²) in [7, 11) is 0. The fraction of sp³-hybridized carbons (Fsp3) is 0.350. The number of piperidine rings is 1. The first-order valence-corrected chi connectivity index (χ1v) is 8.77. The Bertz CT molecular complexity index is 740. The number of para-hydroxylation sites is 1. The van der Waals surface area contributed by atoms with Gasteiger partial charge in [0, 0.05) is 43.0 Å². The third-order valence-corrected chi connectivity index (χ3v) is 4.95. The summed E-state index contributed by atoms with van der Waals surface area (Å²) in [5, 5.41) is 3.49. The second kappa shape index (κ2) is 7.05. The van der Waals surface area contributed by atoms with Crippen molar-refractivity contribution in [3.05, 3.63) is 60.4 Å². The van der Waals surface area contributed by atoms with Crippen LogP contribution in [-0.2, 0) is 6.54 Å². The SMILES string of the molecule is C=C(NCc1cccc2c1OCO2)C1CCN(c2ccccn2)CC1. The van der Waals surface area contributed by atoms with E-state index in [1.807, 2.05) is 30.5 Å². The van der Waals surface area contributed by atoms with Crippen molar-refractivity contribution >= 4 is 5.82 Å². The maximum absolute atomic E-state index is 5.56. The molecule has 5 nitrogen and oxygen atoms in total. The molecule has 0 aliphatic carbocycles. The Kier molecular flexibility index (Phi) is 4.46. The van der Waals surface area contributed by atoms with E-state index in [-0.39, 0.29) is 0 Å². The van der Waals surface area contributed by atoms with Crippen molar-refractivity contribution in [3.8, 4) is 11.5 Å². The van der Waals surface area contributed by atoms with Gasteiger partial charge in [0.2, 0.25) is 6.79 Å². The van der Waals surface area contributed by atoms with E-state index >= 15 is 0 Å². The van der Waals surface area contributed by atoms with Gasteiger partial charge in [-0.1, -0.05) is 24.8 Å². The Labute approximate surface area is 148 Å². The summed E-state index contributed by atoms with van der Waals surface area (Å²) in [4.78, 5) is 6.79. The minimum absolute atomic E-state index is 0.305. The lowest BCUT2D eigenvalue weighted by molar-refractivity contribution is 0.173. The number of pyridine rings is 1. The normalized spacial score (nSPS) is 16.7. The molecule has 3 heterocycles. The van der Waals surface area contributed by atoms with E-state index < -0.39 is 0 Å². The minimum Gasteiger partial charge on any atom is -0.454 e. The molecule has 1 aromatic carbocycles. The Hall–Kier alpha value is -2.69. The van der Waals surface area contributed by atoms with Crippen LogP contribution in [0.1, 0.15) is 18.4 Å². The summed E-state index contributed by atoms with van der Waals surface area (Å²) in [6.45, 7) is 7.31. The molecule has 1 aromatic heterocycles. The number of nitrogens with zero attached hydrogens (tertiary/aromatic N) is 2. The highest BCUT2D eigenvalue weighted by Crippen LogP contribution is 2.35. The zero-order valence-corrected chi connectivity index (χ0v) is 14.3. The number of rotatable bonds is 5. The number of benzene rings is 1. The third-order valence-electron chi connectivity index (χ3n) is 4.95. The Morgan fingerprint density at radius 3 is 2.84 bits per heavy atom. The van der Waals surface area contributed by atoms with Crippen LogP contribution in [0.3, 0.4) is 0 Å². The highest BCUT2D eigenvalue weighted by molar-refractivity contribution is 5.48. The van der Waals surface area contributed by atoms with Gasteiger partial charge >= 0.3 is 0 Å². The molecule has 0 bridgehead atoms. The molecule has 0 unspecified atom stereocenters. The summed E-state index contributed by atoms with van der Waals surface area (Å²) in [6.07, 6.45) is 4.04. The highest BCUT2D eigenvalue weighted by Gasteiger charge is 2.23. The molecule has 25 heavy (non-hydrogen) atoms. The second-order valence-electron chi connectivity index (χ2n) is 6.48. The van der Waals surface area contributed by atoms with E-state index in [9.17, 15) is 0 Å². The number of allylic oxidation sites excluding steroid dienone is 1. The standard InChI is InChI=1S/C20H23N3O2/c1-15(22-13-17-5-4-6-18-20(17)25-14-24-18)16-8-11-23(12-9-16)19-7-2-3-10-21-19/h2-7,10,16,22H,1,8-9,11-14H2. The number of hydrogen-bond acceptors (Lipinski definition) is 5. The second-order valence-corrected chi connectivity index (χ2v) is 6.48. The summed E-state index contributed by atoms with van der Waals surface area (Å²) in [5.41, 5.74) is 2.22. The van der Waals surface area contributed by atoms with Crippen LogP contribution in [0.2, 0.25) is 0 Å². The molecule has 1 fully saturated rings. The average Bonchev–Trinajstić information content (AvgIpc) is 3.16. The van der Waals surface area contributed by atoms with Crippen LogP contribution in [0.25, 0.3) is 0 Å². The van der Waals surface area contributed by atoms with E-state index in [2.05, 4.69) is 33.9 Å². The van der Waals surface area contributed by atoms with E-state index in [1.54, 1.807) is 0 Å². The number of aromatic nitrogens is 1. The third kappa shape index (κ3) is 3.40. The highest BCUT2D eigenvalue weighted by atomic mass is 16.7. The van der Waals surface area contributed by atoms with Gasteiger partial charge in [0.15, 0.2) is 11.5 Å². The largest absolute Gasteiger partial charge is 0.454 e. The van der Waals surface area contributed by atoms with Gasteiger partial charge in [0.1, 0.15) is 5.82 Å². The first kappa shape index (κ1) is 15.8. The Morgan fingerprint density at radius 1 is 1.16 bits per heavy atom. The summed E-state index contributed by atoms with van der Waals surface area (Å²) in [6, 6.07) is 12.1. The number of anilines is 1. The van der Waals surface area contributed by atoms with Gasteiger partial charge in [0.05, 0.1) is 0 Å². The van der Waals surface area contributed by atoms with E-state index in [1.165, 1.54) is 0 Å². The maximum Gasteiger partial charge on any atom is 0.231 e. The van der Waals surface area contributed by atoms with Crippen molar-refractivity contribution < 1.29 is 9.47 Å². The fourth-order valence-electron chi connectivity index (χ4n) is 3.48. The van der Waals surface area contributed by atoms with Crippen LogP contribution < -0.4 is 19.7 Å². The number of hydrogen-bond donors (Lipinski definition) is 1. The molecule has 5 heteroatoms. The lowest BCUT2D eigenvalue weighted by Crippen LogP contribution is -2.36. The Morgan fingerprint density at radius 2 is 2.04 bits per heavy atom. The zero-order chi connectivity index (χ0) is 17.1. The monoisotopic (exact) mass is 337 g/mol. The van der Waals surface area contributed by atoms with Gasteiger partial charge in [-0.25, -0.2) is 4.98 Å².